The molecule has 0 spiro atoms. The van der Waals surface area contributed by atoms with Gasteiger partial charge < -0.3 is 10.5 Å². The molecule has 0 bridgehead atoms. The Morgan fingerprint density at radius 3 is 2.68 bits per heavy atom. The van der Waals surface area contributed by atoms with Crippen molar-refractivity contribution in [1.29, 1.82) is 5.26 Å². The van der Waals surface area contributed by atoms with Gasteiger partial charge in [0.15, 0.2) is 16.8 Å². The molecule has 0 aliphatic heterocycles. The topological polar surface area (TPSA) is 107 Å². The monoisotopic (exact) mass is 397 g/mol. The molecule has 0 amide bonds. The van der Waals surface area contributed by atoms with Gasteiger partial charge in [-0.1, -0.05) is 36.9 Å². The summed E-state index contributed by atoms with van der Waals surface area (Å²) in [6, 6.07) is 9.74. The maximum absolute atomic E-state index is 12.1. The van der Waals surface area contributed by atoms with E-state index in [9.17, 15) is 4.79 Å². The van der Waals surface area contributed by atoms with Crippen LogP contribution in [-0.2, 0) is 24.4 Å². The Bertz CT molecular complexity index is 906. The maximum Gasteiger partial charge on any atom is 0.192 e. The number of ketones is 1. The van der Waals surface area contributed by atoms with Crippen molar-refractivity contribution in [2.75, 3.05) is 5.75 Å². The van der Waals surface area contributed by atoms with Crippen LogP contribution in [0, 0.1) is 11.3 Å². The Labute approximate surface area is 168 Å². The molecule has 0 unspecified atom stereocenters. The van der Waals surface area contributed by atoms with E-state index in [0.717, 1.165) is 12.2 Å². The van der Waals surface area contributed by atoms with Crippen molar-refractivity contribution in [2.24, 2.45) is 5.73 Å². The van der Waals surface area contributed by atoms with E-state index in [1.807, 2.05) is 34.9 Å². The van der Waals surface area contributed by atoms with Gasteiger partial charge in [0, 0.05) is 12.2 Å². The first-order valence-corrected chi connectivity index (χ1v) is 9.75. The third-order valence-electron chi connectivity index (χ3n) is 3.92. The molecule has 1 aromatic carbocycles. The fourth-order valence-corrected chi connectivity index (χ4v) is 3.23. The quantitative estimate of drug-likeness (QED) is 0.284. The third kappa shape index (κ3) is 5.47. The number of Topliss-reactive ketones (excluding diaryl/α,β-unsaturated/α-hetero) is 1. The van der Waals surface area contributed by atoms with Crippen molar-refractivity contribution in [3.05, 3.63) is 59.6 Å². The molecule has 2 N–H and O–H groups in total. The van der Waals surface area contributed by atoms with Gasteiger partial charge in [0.05, 0.1) is 5.75 Å². The van der Waals surface area contributed by atoms with Crippen LogP contribution in [0.3, 0.4) is 0 Å². The van der Waals surface area contributed by atoms with Crippen molar-refractivity contribution in [3.8, 4) is 11.8 Å². The van der Waals surface area contributed by atoms with E-state index in [2.05, 4.69) is 23.7 Å². The largest absolute Gasteiger partial charge is 0.486 e. The van der Waals surface area contributed by atoms with Gasteiger partial charge in [0.2, 0.25) is 0 Å². The lowest BCUT2D eigenvalue weighted by Crippen LogP contribution is -2.11. The smallest absolute Gasteiger partial charge is 0.192 e. The zero-order valence-corrected chi connectivity index (χ0v) is 16.8. The molecule has 0 aliphatic rings. The molecular formula is C20H23N5O2S. The van der Waals surface area contributed by atoms with Gasteiger partial charge in [-0.05, 0) is 31.0 Å². The lowest BCUT2D eigenvalue weighted by atomic mass is 10.2. The molecule has 0 radical (unpaired) electrons. The zero-order valence-electron chi connectivity index (χ0n) is 16.0. The summed E-state index contributed by atoms with van der Waals surface area (Å²) in [5, 5.41) is 17.9. The lowest BCUT2D eigenvalue weighted by molar-refractivity contribution is -0.112. The Kier molecular flexibility index (Phi) is 7.84. The minimum atomic E-state index is -0.338. The third-order valence-corrected chi connectivity index (χ3v) is 4.89. The molecule has 146 valence electrons. The summed E-state index contributed by atoms with van der Waals surface area (Å²) in [6.07, 6.45) is 2.69. The Hall–Kier alpha value is -3.05. The molecule has 0 aliphatic carbocycles. The minimum absolute atomic E-state index is 0.0265. The fraction of sp³-hybridized carbons (Fsp3) is 0.300. The maximum atomic E-state index is 12.1. The van der Waals surface area contributed by atoms with Gasteiger partial charge in [0.25, 0.3) is 0 Å². The first-order chi connectivity index (χ1) is 13.5. The average Bonchev–Trinajstić information content (AvgIpc) is 3.07. The van der Waals surface area contributed by atoms with E-state index in [1.54, 1.807) is 6.08 Å². The number of nitrogens with zero attached hydrogens (tertiary/aromatic N) is 4. The van der Waals surface area contributed by atoms with Crippen LogP contribution in [0.5, 0.6) is 5.75 Å². The van der Waals surface area contributed by atoms with E-state index < -0.39 is 0 Å². The second-order valence-corrected chi connectivity index (χ2v) is 6.91. The summed E-state index contributed by atoms with van der Waals surface area (Å²) in [7, 11) is 0. The Morgan fingerprint density at radius 2 is 2.11 bits per heavy atom. The summed E-state index contributed by atoms with van der Waals surface area (Å²) in [6.45, 7) is 8.11. The molecule has 0 atom stereocenters. The molecule has 28 heavy (non-hydrogen) atoms. The molecule has 0 fully saturated rings. The molecule has 7 nitrogen and oxygen atoms in total. The number of ether oxygens (including phenoxy) is 1. The lowest BCUT2D eigenvalue weighted by Gasteiger charge is -2.09. The molecule has 1 heterocycles. The highest BCUT2D eigenvalue weighted by Crippen LogP contribution is 2.20. The number of hydrogen-bond donors (Lipinski definition) is 1. The summed E-state index contributed by atoms with van der Waals surface area (Å²) in [5.74, 6) is 1.08. The van der Waals surface area contributed by atoms with Crippen LogP contribution < -0.4 is 10.5 Å². The van der Waals surface area contributed by atoms with Crippen LogP contribution in [0.4, 0.5) is 0 Å². The number of allylic oxidation sites excluding steroid dienone is 3. The number of benzene rings is 1. The first-order valence-electron chi connectivity index (χ1n) is 8.77. The molecule has 8 heteroatoms. The predicted molar refractivity (Wildman–Crippen MR) is 109 cm³/mol. The number of aryl methyl sites for hydroxylation is 1. The van der Waals surface area contributed by atoms with Crippen molar-refractivity contribution in [2.45, 2.75) is 38.6 Å². The SMILES string of the molecule is C=CCn1c(COc2ccc(CC)cc2)nnc1SCC(=O)/C(C#N)=C(/C)N. The number of hydrogen-bond acceptors (Lipinski definition) is 7. The average molecular weight is 398 g/mol. The Morgan fingerprint density at radius 1 is 1.39 bits per heavy atom. The zero-order chi connectivity index (χ0) is 20.5. The van der Waals surface area contributed by atoms with E-state index in [0.29, 0.717) is 17.5 Å². The van der Waals surface area contributed by atoms with Crippen molar-refractivity contribution < 1.29 is 9.53 Å². The highest BCUT2D eigenvalue weighted by molar-refractivity contribution is 7.99. The van der Waals surface area contributed by atoms with Crippen LogP contribution in [0.1, 0.15) is 25.2 Å². The van der Waals surface area contributed by atoms with Crippen LogP contribution in [0.15, 0.2) is 53.3 Å². The van der Waals surface area contributed by atoms with Gasteiger partial charge in [-0.2, -0.15) is 5.26 Å². The van der Waals surface area contributed by atoms with Gasteiger partial charge >= 0.3 is 0 Å². The highest BCUT2D eigenvalue weighted by Gasteiger charge is 2.17. The van der Waals surface area contributed by atoms with Crippen LogP contribution in [0.25, 0.3) is 0 Å². The van der Waals surface area contributed by atoms with Gasteiger partial charge in [-0.3, -0.25) is 9.36 Å². The number of carbonyl (C=O) groups is 1. The summed E-state index contributed by atoms with van der Waals surface area (Å²) in [4.78, 5) is 12.1. The van der Waals surface area contributed by atoms with Crippen molar-refractivity contribution in [3.63, 3.8) is 0 Å². The number of nitriles is 1. The van der Waals surface area contributed by atoms with E-state index in [-0.39, 0.29) is 29.4 Å². The van der Waals surface area contributed by atoms with Gasteiger partial charge in [-0.25, -0.2) is 0 Å². The minimum Gasteiger partial charge on any atom is -0.486 e. The van der Waals surface area contributed by atoms with Crippen LogP contribution in [0.2, 0.25) is 0 Å². The van der Waals surface area contributed by atoms with Crippen molar-refractivity contribution in [1.82, 2.24) is 14.8 Å². The second kappa shape index (κ2) is 10.3. The second-order valence-electron chi connectivity index (χ2n) is 5.97. The highest BCUT2D eigenvalue weighted by atomic mass is 32.2. The molecule has 0 saturated heterocycles. The first kappa shape index (κ1) is 21.3. The van der Waals surface area contributed by atoms with Crippen LogP contribution in [-0.4, -0.2) is 26.3 Å². The number of rotatable bonds is 10. The molecule has 2 aromatic rings. The molecule has 1 aromatic heterocycles. The standard InChI is InChI=1S/C20H23N5O2S/c1-4-10-25-19(12-27-16-8-6-15(5-2)7-9-16)23-24-20(25)28-13-18(26)17(11-21)14(3)22/h4,6-9H,1,5,10,12-13,22H2,2-3H3/b17-14-. The summed E-state index contributed by atoms with van der Waals surface area (Å²) < 4.78 is 7.63. The van der Waals surface area contributed by atoms with Gasteiger partial charge in [0.1, 0.15) is 24.0 Å². The molecule has 0 saturated carbocycles. The predicted octanol–water partition coefficient (Wildman–Crippen LogP) is 3.02. The van der Waals surface area contributed by atoms with E-state index >= 15 is 0 Å². The Balaban J connectivity index is 2.07. The molecule has 2 rings (SSSR count). The fourth-order valence-electron chi connectivity index (χ4n) is 2.39. The summed E-state index contributed by atoms with van der Waals surface area (Å²) in [5.41, 5.74) is 7.00. The van der Waals surface area contributed by atoms with Crippen LogP contribution >= 0.6 is 11.8 Å². The van der Waals surface area contributed by atoms with E-state index in [4.69, 9.17) is 15.7 Å². The number of thioether (sulfide) groups is 1. The summed E-state index contributed by atoms with van der Waals surface area (Å²) >= 11 is 1.20. The van der Waals surface area contributed by atoms with E-state index in [1.165, 1.54) is 24.2 Å². The number of nitrogens with two attached hydrogens (primary N) is 1. The number of aromatic nitrogens is 3. The normalized spacial score (nSPS) is 11.5. The van der Waals surface area contributed by atoms with Crippen molar-refractivity contribution >= 4 is 17.5 Å². The molecular weight excluding hydrogens is 374 g/mol. The van der Waals surface area contributed by atoms with Gasteiger partial charge in [-0.15, -0.1) is 16.8 Å². The number of carbonyl (C=O) groups excluding carboxylic acids is 1.